The molecule has 2 aromatic heterocycles. The number of fused-ring (bicyclic) bond motifs is 1. The van der Waals surface area contributed by atoms with Gasteiger partial charge in [-0.3, -0.25) is 14.4 Å². The van der Waals surface area contributed by atoms with Crippen LogP contribution in [0, 0.1) is 5.82 Å². The average molecular weight is 457 g/mol. The predicted molar refractivity (Wildman–Crippen MR) is 129 cm³/mol. The van der Waals surface area contributed by atoms with Gasteiger partial charge in [-0.2, -0.15) is 5.10 Å². The van der Waals surface area contributed by atoms with Crippen LogP contribution in [0.3, 0.4) is 0 Å². The molecule has 5 nitrogen and oxygen atoms in total. The van der Waals surface area contributed by atoms with Gasteiger partial charge in [0.05, 0.1) is 17.2 Å². The molecule has 0 bridgehead atoms. The smallest absolute Gasteiger partial charge is 0.240 e. The maximum Gasteiger partial charge on any atom is 0.240 e. The molecule has 5 aromatic rings. The van der Waals surface area contributed by atoms with Crippen LogP contribution in [0.4, 0.5) is 9.52 Å². The van der Waals surface area contributed by atoms with E-state index in [1.807, 2.05) is 79.0 Å². The monoisotopic (exact) mass is 456 g/mol. The third-order valence-corrected chi connectivity index (χ3v) is 6.52. The van der Waals surface area contributed by atoms with Gasteiger partial charge in [0.1, 0.15) is 11.3 Å². The molecule has 0 aliphatic rings. The van der Waals surface area contributed by atoms with Crippen molar-refractivity contribution in [3.05, 3.63) is 114 Å². The van der Waals surface area contributed by atoms with Crippen LogP contribution >= 0.6 is 11.3 Å². The summed E-state index contributed by atoms with van der Waals surface area (Å²) in [6, 6.07) is 26.1. The van der Waals surface area contributed by atoms with Gasteiger partial charge in [-0.15, -0.1) is 0 Å². The molecule has 0 aliphatic carbocycles. The highest BCUT2D eigenvalue weighted by atomic mass is 32.1. The number of carbonyl (C=O) groups is 1. The Kier molecular flexibility index (Phi) is 5.95. The first-order chi connectivity index (χ1) is 16.2. The number of para-hydroxylation sites is 1. The van der Waals surface area contributed by atoms with E-state index in [1.54, 1.807) is 21.8 Å². The number of hydrogen-bond donors (Lipinski definition) is 0. The topological polar surface area (TPSA) is 51.0 Å². The Morgan fingerprint density at radius 3 is 2.24 bits per heavy atom. The second-order valence-corrected chi connectivity index (χ2v) is 8.61. The van der Waals surface area contributed by atoms with Crippen LogP contribution in [0.15, 0.2) is 97.3 Å². The maximum atomic E-state index is 14.4. The fourth-order valence-electron chi connectivity index (χ4n) is 3.88. The van der Waals surface area contributed by atoms with Gasteiger partial charge in [-0.1, -0.05) is 78.1 Å². The molecule has 2 heterocycles. The molecular formula is C26H21FN4OS. The lowest BCUT2D eigenvalue weighted by molar-refractivity contribution is -0.119. The molecule has 0 unspecified atom stereocenters. The van der Waals surface area contributed by atoms with Crippen LogP contribution in [-0.4, -0.2) is 27.2 Å². The first-order valence-corrected chi connectivity index (χ1v) is 11.5. The molecule has 0 spiro atoms. The summed E-state index contributed by atoms with van der Waals surface area (Å²) in [5.41, 5.74) is 2.07. The molecule has 0 aliphatic heterocycles. The fourth-order valence-corrected chi connectivity index (χ4v) is 4.89. The molecule has 0 saturated heterocycles. The molecule has 0 fully saturated rings. The van der Waals surface area contributed by atoms with E-state index in [0.717, 1.165) is 11.1 Å². The highest BCUT2D eigenvalue weighted by molar-refractivity contribution is 7.22. The van der Waals surface area contributed by atoms with Crippen molar-refractivity contribution in [1.29, 1.82) is 0 Å². The highest BCUT2D eigenvalue weighted by Crippen LogP contribution is 2.34. The summed E-state index contributed by atoms with van der Waals surface area (Å²) in [4.78, 5) is 20.3. The molecule has 0 atom stereocenters. The number of benzene rings is 3. The van der Waals surface area contributed by atoms with E-state index in [0.29, 0.717) is 22.9 Å². The van der Waals surface area contributed by atoms with Crippen molar-refractivity contribution < 1.29 is 9.18 Å². The van der Waals surface area contributed by atoms with E-state index in [4.69, 9.17) is 0 Å². The number of amides is 1. The van der Waals surface area contributed by atoms with Crippen LogP contribution in [0.2, 0.25) is 0 Å². The standard InChI is InChI=1S/C26H21FN4OS/c27-21-13-7-14-22-24(21)29-26(33-22)31(18-17-30-16-8-15-28-30)25(32)23(19-9-3-1-4-10-19)20-11-5-2-6-12-20/h1-16,23H,17-18H2. The van der Waals surface area contributed by atoms with Gasteiger partial charge < -0.3 is 0 Å². The van der Waals surface area contributed by atoms with E-state index in [1.165, 1.54) is 17.4 Å². The molecule has 0 saturated carbocycles. The maximum absolute atomic E-state index is 14.4. The van der Waals surface area contributed by atoms with Crippen molar-refractivity contribution >= 4 is 32.6 Å². The molecule has 3 aromatic carbocycles. The van der Waals surface area contributed by atoms with Crippen molar-refractivity contribution in [2.75, 3.05) is 11.4 Å². The number of halogens is 1. The summed E-state index contributed by atoms with van der Waals surface area (Å²) in [5.74, 6) is -1.02. The van der Waals surface area contributed by atoms with Gasteiger partial charge in [0.2, 0.25) is 5.91 Å². The minimum Gasteiger partial charge on any atom is -0.285 e. The summed E-state index contributed by atoms with van der Waals surface area (Å²) in [5, 5.41) is 4.74. The summed E-state index contributed by atoms with van der Waals surface area (Å²) in [6.45, 7) is 0.853. The highest BCUT2D eigenvalue weighted by Gasteiger charge is 2.30. The largest absolute Gasteiger partial charge is 0.285 e. The molecule has 5 rings (SSSR count). The first-order valence-electron chi connectivity index (χ1n) is 10.6. The molecule has 0 N–H and O–H groups in total. The third kappa shape index (κ3) is 4.40. The van der Waals surface area contributed by atoms with Crippen molar-refractivity contribution in [2.45, 2.75) is 12.5 Å². The molecule has 7 heteroatoms. The van der Waals surface area contributed by atoms with Gasteiger partial charge in [0, 0.05) is 18.9 Å². The predicted octanol–water partition coefficient (Wildman–Crippen LogP) is 5.50. The summed E-state index contributed by atoms with van der Waals surface area (Å²) < 4.78 is 16.9. The zero-order chi connectivity index (χ0) is 22.6. The number of hydrogen-bond acceptors (Lipinski definition) is 4. The van der Waals surface area contributed by atoms with Crippen LogP contribution in [0.1, 0.15) is 17.0 Å². The number of aromatic nitrogens is 3. The number of thiazole rings is 1. The minimum atomic E-state index is -0.512. The Morgan fingerprint density at radius 2 is 1.64 bits per heavy atom. The van der Waals surface area contributed by atoms with Gasteiger partial charge in [0.15, 0.2) is 5.13 Å². The lowest BCUT2D eigenvalue weighted by Gasteiger charge is -2.26. The van der Waals surface area contributed by atoms with Crippen molar-refractivity contribution in [2.24, 2.45) is 0 Å². The number of anilines is 1. The second kappa shape index (κ2) is 9.34. The van der Waals surface area contributed by atoms with Gasteiger partial charge in [-0.05, 0) is 29.3 Å². The Hall–Kier alpha value is -3.84. The van der Waals surface area contributed by atoms with Crippen molar-refractivity contribution in [1.82, 2.24) is 14.8 Å². The number of carbonyl (C=O) groups excluding carboxylic acids is 1. The molecular weight excluding hydrogens is 435 g/mol. The van der Waals surface area contributed by atoms with E-state index >= 15 is 0 Å². The van der Waals surface area contributed by atoms with Crippen LogP contribution in [0.5, 0.6) is 0 Å². The van der Waals surface area contributed by atoms with E-state index in [9.17, 15) is 9.18 Å². The first kappa shape index (κ1) is 21.0. The van der Waals surface area contributed by atoms with Crippen LogP contribution in [-0.2, 0) is 11.3 Å². The Balaban J connectivity index is 1.58. The van der Waals surface area contributed by atoms with E-state index in [-0.39, 0.29) is 11.4 Å². The van der Waals surface area contributed by atoms with Crippen molar-refractivity contribution in [3.63, 3.8) is 0 Å². The lowest BCUT2D eigenvalue weighted by Crippen LogP contribution is -2.38. The van der Waals surface area contributed by atoms with Crippen LogP contribution in [0.25, 0.3) is 10.2 Å². The van der Waals surface area contributed by atoms with Gasteiger partial charge in [-0.25, -0.2) is 9.37 Å². The SMILES string of the molecule is O=C(C(c1ccccc1)c1ccccc1)N(CCn1cccn1)c1nc2c(F)cccc2s1. The molecule has 0 radical (unpaired) electrons. The van der Waals surface area contributed by atoms with E-state index in [2.05, 4.69) is 10.1 Å². The van der Waals surface area contributed by atoms with Crippen molar-refractivity contribution in [3.8, 4) is 0 Å². The van der Waals surface area contributed by atoms with Gasteiger partial charge >= 0.3 is 0 Å². The summed E-state index contributed by atoms with van der Waals surface area (Å²) in [6.07, 6.45) is 3.56. The molecule has 164 valence electrons. The molecule has 1 amide bonds. The molecule has 33 heavy (non-hydrogen) atoms. The van der Waals surface area contributed by atoms with Crippen LogP contribution < -0.4 is 4.90 Å². The number of nitrogens with zero attached hydrogens (tertiary/aromatic N) is 4. The second-order valence-electron chi connectivity index (χ2n) is 7.60. The zero-order valence-electron chi connectivity index (χ0n) is 17.7. The summed E-state index contributed by atoms with van der Waals surface area (Å²) >= 11 is 1.32. The van der Waals surface area contributed by atoms with Gasteiger partial charge in [0.25, 0.3) is 0 Å². The Labute approximate surface area is 194 Å². The quantitative estimate of drug-likeness (QED) is 0.325. The Bertz CT molecular complexity index is 1310. The zero-order valence-corrected chi connectivity index (χ0v) is 18.5. The third-order valence-electron chi connectivity index (χ3n) is 5.48. The summed E-state index contributed by atoms with van der Waals surface area (Å²) in [7, 11) is 0. The lowest BCUT2D eigenvalue weighted by atomic mass is 9.90. The Morgan fingerprint density at radius 1 is 0.939 bits per heavy atom. The average Bonchev–Trinajstić information content (AvgIpc) is 3.52. The van der Waals surface area contributed by atoms with E-state index < -0.39 is 11.7 Å². The fraction of sp³-hybridized carbons (Fsp3) is 0.115. The number of rotatable bonds is 7. The normalized spacial score (nSPS) is 11.2. The minimum absolute atomic E-state index is 0.112.